The van der Waals surface area contributed by atoms with Crippen molar-refractivity contribution in [3.63, 3.8) is 0 Å². The van der Waals surface area contributed by atoms with Gasteiger partial charge in [-0.25, -0.2) is 9.45 Å². The maximum absolute atomic E-state index is 12.3. The Morgan fingerprint density at radius 2 is 1.84 bits per heavy atom. The largest absolute Gasteiger partial charge is 0.473 e. The van der Waals surface area contributed by atoms with E-state index in [0.717, 1.165) is 19.3 Å². The number of hydrogen-bond acceptors (Lipinski definition) is 7. The molecule has 0 rings (SSSR count). The van der Waals surface area contributed by atoms with Crippen LogP contribution in [0.25, 0.3) is 0 Å². The normalized spacial score (nSPS) is 17.1. The van der Waals surface area contributed by atoms with Crippen LogP contribution in [0.1, 0.15) is 39.0 Å². The topological polar surface area (TPSA) is 123 Å². The highest BCUT2D eigenvalue weighted by atomic mass is 31.2. The Hall–Kier alpha value is -0.380. The quantitative estimate of drug-likeness (QED) is 0.127. The Morgan fingerprint density at radius 3 is 2.32 bits per heavy atom. The molecule has 0 amide bonds. The van der Waals surface area contributed by atoms with E-state index >= 15 is 0 Å². The van der Waals surface area contributed by atoms with Crippen molar-refractivity contribution < 1.29 is 43.0 Å². The van der Waals surface area contributed by atoms with Crippen LogP contribution in [-0.4, -0.2) is 78.6 Å². The molecule has 0 aromatic rings. The number of hydrogen-bond donors (Lipinski definition) is 3. The number of phosphoric ester groups is 1. The van der Waals surface area contributed by atoms with E-state index in [9.17, 15) is 19.4 Å². The first kappa shape index (κ1) is 24.6. The Morgan fingerprint density at radius 1 is 1.20 bits per heavy atom. The number of carbonyl (C=O) groups excluding carboxylic acids is 1. The SMILES string of the molecule is CCCCCCC(=O)C(OP(=O)(O)OCC[N+](C)(C)C)[C@H](CO)OO. The summed E-state index contributed by atoms with van der Waals surface area (Å²) < 4.78 is 22.3. The van der Waals surface area contributed by atoms with Crippen molar-refractivity contribution in [3.05, 3.63) is 0 Å². The summed E-state index contributed by atoms with van der Waals surface area (Å²) in [5.41, 5.74) is 0. The first-order valence-electron chi connectivity index (χ1n) is 8.46. The van der Waals surface area contributed by atoms with Crippen LogP contribution in [0.15, 0.2) is 0 Å². The Bertz CT molecular complexity index is 422. The lowest BCUT2D eigenvalue weighted by atomic mass is 10.0. The minimum absolute atomic E-state index is 0.0571. The van der Waals surface area contributed by atoms with Crippen molar-refractivity contribution in [2.75, 3.05) is 40.9 Å². The summed E-state index contributed by atoms with van der Waals surface area (Å²) in [5.74, 6) is -0.534. The molecule has 3 atom stereocenters. The monoisotopic (exact) mass is 386 g/mol. The van der Waals surface area contributed by atoms with Gasteiger partial charge in [-0.05, 0) is 6.42 Å². The van der Waals surface area contributed by atoms with Gasteiger partial charge in [0.25, 0.3) is 0 Å². The third-order valence-electron chi connectivity index (χ3n) is 3.51. The zero-order chi connectivity index (χ0) is 19.5. The van der Waals surface area contributed by atoms with E-state index < -0.39 is 32.4 Å². The molecule has 0 heterocycles. The maximum Gasteiger partial charge on any atom is 0.473 e. The second-order valence-corrected chi connectivity index (χ2v) is 8.35. The van der Waals surface area contributed by atoms with Crippen molar-refractivity contribution in [3.8, 4) is 0 Å². The fourth-order valence-electron chi connectivity index (χ4n) is 1.99. The molecular weight excluding hydrogens is 353 g/mol. The molecule has 0 aromatic heterocycles. The van der Waals surface area contributed by atoms with Gasteiger partial charge in [0, 0.05) is 6.42 Å². The number of unbranched alkanes of at least 4 members (excludes halogenated alkanes) is 3. The van der Waals surface area contributed by atoms with Gasteiger partial charge >= 0.3 is 7.82 Å². The molecule has 150 valence electrons. The number of Topliss-reactive ketones (excluding diaryl/α,β-unsaturated/α-hetero) is 1. The van der Waals surface area contributed by atoms with Gasteiger partial charge in [-0.1, -0.05) is 26.2 Å². The van der Waals surface area contributed by atoms with Crippen molar-refractivity contribution >= 4 is 13.6 Å². The van der Waals surface area contributed by atoms with Gasteiger partial charge < -0.3 is 14.5 Å². The van der Waals surface area contributed by atoms with Crippen molar-refractivity contribution in [2.24, 2.45) is 0 Å². The minimum atomic E-state index is -4.55. The molecule has 9 nitrogen and oxygen atoms in total. The number of aliphatic hydroxyl groups is 1. The van der Waals surface area contributed by atoms with Crippen molar-refractivity contribution in [2.45, 2.75) is 51.2 Å². The number of aliphatic hydroxyl groups excluding tert-OH is 1. The second-order valence-electron chi connectivity index (χ2n) is 6.95. The Kier molecular flexibility index (Phi) is 11.9. The van der Waals surface area contributed by atoms with Crippen molar-refractivity contribution in [1.82, 2.24) is 0 Å². The highest BCUT2D eigenvalue weighted by molar-refractivity contribution is 7.47. The third-order valence-corrected chi connectivity index (χ3v) is 4.51. The van der Waals surface area contributed by atoms with E-state index in [0.29, 0.717) is 17.4 Å². The summed E-state index contributed by atoms with van der Waals surface area (Å²) >= 11 is 0. The van der Waals surface area contributed by atoms with E-state index in [1.807, 2.05) is 28.1 Å². The van der Waals surface area contributed by atoms with Crippen LogP contribution in [-0.2, 0) is 23.3 Å². The lowest BCUT2D eigenvalue weighted by molar-refractivity contribution is -0.870. The molecule has 0 aliphatic heterocycles. The predicted molar refractivity (Wildman–Crippen MR) is 91.9 cm³/mol. The highest BCUT2D eigenvalue weighted by Gasteiger charge is 2.37. The number of phosphoric acid groups is 1. The summed E-state index contributed by atoms with van der Waals surface area (Å²) in [6.07, 6.45) is 0.412. The van der Waals surface area contributed by atoms with E-state index in [4.69, 9.17) is 14.3 Å². The molecule has 10 heteroatoms. The lowest BCUT2D eigenvalue weighted by Crippen LogP contribution is -2.40. The molecule has 2 unspecified atom stereocenters. The zero-order valence-electron chi connectivity index (χ0n) is 15.6. The maximum atomic E-state index is 12.3. The van der Waals surface area contributed by atoms with E-state index in [1.54, 1.807) is 0 Å². The minimum Gasteiger partial charge on any atom is -0.393 e. The highest BCUT2D eigenvalue weighted by Crippen LogP contribution is 2.45. The van der Waals surface area contributed by atoms with Gasteiger partial charge in [-0.15, -0.1) is 0 Å². The first-order valence-corrected chi connectivity index (χ1v) is 9.95. The zero-order valence-corrected chi connectivity index (χ0v) is 16.5. The Balaban J connectivity index is 4.80. The molecule has 0 aromatic carbocycles. The van der Waals surface area contributed by atoms with Gasteiger partial charge in [0.05, 0.1) is 27.7 Å². The van der Waals surface area contributed by atoms with Gasteiger partial charge in [-0.3, -0.25) is 19.1 Å². The molecule has 25 heavy (non-hydrogen) atoms. The van der Waals surface area contributed by atoms with Crippen LogP contribution < -0.4 is 0 Å². The molecule has 0 aliphatic rings. The number of quaternary nitrogens is 1. The van der Waals surface area contributed by atoms with Crippen LogP contribution in [0.2, 0.25) is 0 Å². The molecular formula is C15H33NO8P+. The van der Waals surface area contributed by atoms with E-state index in [2.05, 4.69) is 4.89 Å². The van der Waals surface area contributed by atoms with Gasteiger partial charge in [0.2, 0.25) is 0 Å². The van der Waals surface area contributed by atoms with E-state index in [-0.39, 0.29) is 13.0 Å². The summed E-state index contributed by atoms with van der Waals surface area (Å²) in [6.45, 7) is 1.67. The Labute approximate surface area is 149 Å². The van der Waals surface area contributed by atoms with Crippen LogP contribution in [0.5, 0.6) is 0 Å². The smallest absolute Gasteiger partial charge is 0.393 e. The van der Waals surface area contributed by atoms with E-state index in [1.165, 1.54) is 0 Å². The lowest BCUT2D eigenvalue weighted by Gasteiger charge is -2.26. The number of ketones is 1. The number of likely N-dealkylation sites (N-methyl/N-ethyl adjacent to an activating group) is 1. The summed E-state index contributed by atoms with van der Waals surface area (Å²) in [4.78, 5) is 26.1. The predicted octanol–water partition coefficient (Wildman–Crippen LogP) is 1.58. The molecule has 0 bridgehead atoms. The van der Waals surface area contributed by atoms with Gasteiger partial charge in [0.15, 0.2) is 11.9 Å². The second kappa shape index (κ2) is 12.1. The first-order chi connectivity index (χ1) is 11.6. The van der Waals surface area contributed by atoms with Gasteiger partial charge in [0.1, 0.15) is 19.3 Å². The fourth-order valence-corrected chi connectivity index (χ4v) is 2.90. The molecule has 3 N–H and O–H groups in total. The molecule has 0 aliphatic carbocycles. The van der Waals surface area contributed by atoms with Crippen LogP contribution in [0.3, 0.4) is 0 Å². The van der Waals surface area contributed by atoms with Crippen LogP contribution >= 0.6 is 7.82 Å². The number of nitrogens with zero attached hydrogens (tertiary/aromatic N) is 1. The molecule has 0 radical (unpaired) electrons. The average molecular weight is 386 g/mol. The standard InChI is InChI=1S/C15H32NO8P/c1-5-6-7-8-9-13(18)15(14(12-17)23-19)24-25(20,21)22-11-10-16(2,3)4/h14-15,17H,5-12H2,1-4H3,(H-,19,20,21)/p+1/t14-,15?/m0/s1. The summed E-state index contributed by atoms with van der Waals surface area (Å²) in [7, 11) is 1.11. The average Bonchev–Trinajstić information content (AvgIpc) is 2.49. The molecule has 0 fully saturated rings. The van der Waals surface area contributed by atoms with Crippen molar-refractivity contribution in [1.29, 1.82) is 0 Å². The van der Waals surface area contributed by atoms with Crippen LogP contribution in [0, 0.1) is 0 Å². The number of carbonyl (C=O) groups is 1. The molecule has 0 spiro atoms. The third kappa shape index (κ3) is 11.8. The van der Waals surface area contributed by atoms with Gasteiger partial charge in [-0.2, -0.15) is 0 Å². The molecule has 0 saturated heterocycles. The van der Waals surface area contributed by atoms with Crippen LogP contribution in [0.4, 0.5) is 0 Å². The summed E-state index contributed by atoms with van der Waals surface area (Å²) in [6, 6.07) is 0. The molecule has 0 saturated carbocycles. The fraction of sp³-hybridized carbons (Fsp3) is 0.933. The number of rotatable bonds is 15. The summed E-state index contributed by atoms with van der Waals surface area (Å²) in [5, 5.41) is 18.0.